The number of H-pyrrole nitrogens is 1. The summed E-state index contributed by atoms with van der Waals surface area (Å²) in [6.07, 6.45) is 2.60. The molecule has 0 aliphatic rings. The lowest BCUT2D eigenvalue weighted by molar-refractivity contribution is -0.383. The Morgan fingerprint density at radius 3 is 2.88 bits per heavy atom. The minimum Gasteiger partial charge on any atom is -0.360 e. The monoisotopic (exact) mass is 220 g/mol. The number of quaternary nitrogens is 1. The van der Waals surface area contributed by atoms with E-state index in [1.807, 2.05) is 13.1 Å². The van der Waals surface area contributed by atoms with Crippen molar-refractivity contribution in [3.05, 3.63) is 39.6 Å². The molecule has 16 heavy (non-hydrogen) atoms. The van der Waals surface area contributed by atoms with Crippen LogP contribution in [-0.4, -0.2) is 16.5 Å². The molecule has 0 unspecified atom stereocenters. The highest BCUT2D eigenvalue weighted by Gasteiger charge is 2.17. The van der Waals surface area contributed by atoms with Crippen molar-refractivity contribution in [3.63, 3.8) is 0 Å². The van der Waals surface area contributed by atoms with Crippen molar-refractivity contribution in [1.82, 2.24) is 4.98 Å². The van der Waals surface area contributed by atoms with Crippen molar-refractivity contribution in [2.75, 3.05) is 6.54 Å². The average molecular weight is 220 g/mol. The number of non-ortho nitro benzene ring substituents is 1. The first-order valence-corrected chi connectivity index (χ1v) is 5.18. The number of nitro benzene ring substituents is 1. The number of nitrogens with one attached hydrogen (secondary N) is 1. The second kappa shape index (κ2) is 3.94. The standard InChI is InChI=1S/C11H13N3O2/c1-7-2-3-9(14(15)16)10-8(4-5-12)6-13-11(7)10/h2-3,6,13H,4-5,12H2,1H3/p+1. The maximum absolute atomic E-state index is 11.0. The number of nitro groups is 1. The zero-order valence-corrected chi connectivity index (χ0v) is 9.12. The maximum Gasteiger partial charge on any atom is 0.279 e. The molecule has 0 atom stereocenters. The van der Waals surface area contributed by atoms with Crippen LogP contribution in [0.25, 0.3) is 10.9 Å². The third-order valence-corrected chi connectivity index (χ3v) is 2.75. The van der Waals surface area contributed by atoms with Crippen LogP contribution in [0.1, 0.15) is 11.1 Å². The van der Waals surface area contributed by atoms with E-state index in [2.05, 4.69) is 10.7 Å². The van der Waals surface area contributed by atoms with Gasteiger partial charge in [0.25, 0.3) is 5.69 Å². The quantitative estimate of drug-likeness (QED) is 0.600. The van der Waals surface area contributed by atoms with Crippen LogP contribution < -0.4 is 5.73 Å². The van der Waals surface area contributed by atoms with Gasteiger partial charge in [-0.05, 0) is 18.1 Å². The molecule has 2 aromatic rings. The molecule has 0 fully saturated rings. The second-order valence-corrected chi connectivity index (χ2v) is 3.83. The van der Waals surface area contributed by atoms with Gasteiger partial charge in [0.1, 0.15) is 0 Å². The van der Waals surface area contributed by atoms with Crippen molar-refractivity contribution in [2.45, 2.75) is 13.3 Å². The van der Waals surface area contributed by atoms with Gasteiger partial charge in [0.15, 0.2) is 0 Å². The fourth-order valence-electron chi connectivity index (χ4n) is 1.98. The summed E-state index contributed by atoms with van der Waals surface area (Å²) >= 11 is 0. The first-order chi connectivity index (χ1) is 7.65. The van der Waals surface area contributed by atoms with Gasteiger partial charge in [-0.25, -0.2) is 0 Å². The molecular formula is C11H14N3O2+. The molecular weight excluding hydrogens is 206 g/mol. The summed E-state index contributed by atoms with van der Waals surface area (Å²) in [4.78, 5) is 13.7. The molecule has 0 aliphatic carbocycles. The van der Waals surface area contributed by atoms with Crippen LogP contribution in [-0.2, 0) is 6.42 Å². The Kier molecular flexibility index (Phi) is 2.62. The smallest absolute Gasteiger partial charge is 0.279 e. The van der Waals surface area contributed by atoms with Gasteiger partial charge < -0.3 is 10.7 Å². The fourth-order valence-corrected chi connectivity index (χ4v) is 1.98. The second-order valence-electron chi connectivity index (χ2n) is 3.83. The van der Waals surface area contributed by atoms with Gasteiger partial charge in [-0.1, -0.05) is 6.07 Å². The zero-order chi connectivity index (χ0) is 11.7. The summed E-state index contributed by atoms with van der Waals surface area (Å²) in [7, 11) is 0. The van der Waals surface area contributed by atoms with E-state index in [9.17, 15) is 10.1 Å². The first kappa shape index (κ1) is 10.6. The Hall–Kier alpha value is -1.88. The van der Waals surface area contributed by atoms with E-state index in [1.54, 1.807) is 12.1 Å². The molecule has 0 bridgehead atoms. The highest BCUT2D eigenvalue weighted by atomic mass is 16.6. The molecule has 5 heteroatoms. The van der Waals surface area contributed by atoms with Gasteiger partial charge in [-0.3, -0.25) is 10.1 Å². The molecule has 1 aromatic heterocycles. The molecule has 0 radical (unpaired) electrons. The van der Waals surface area contributed by atoms with E-state index in [0.717, 1.165) is 35.0 Å². The van der Waals surface area contributed by atoms with Crippen molar-refractivity contribution >= 4 is 16.6 Å². The van der Waals surface area contributed by atoms with Crippen molar-refractivity contribution in [1.29, 1.82) is 0 Å². The fraction of sp³-hybridized carbons (Fsp3) is 0.273. The normalized spacial score (nSPS) is 10.9. The van der Waals surface area contributed by atoms with Crippen LogP contribution in [0.4, 0.5) is 5.69 Å². The first-order valence-electron chi connectivity index (χ1n) is 5.18. The topological polar surface area (TPSA) is 86.6 Å². The van der Waals surface area contributed by atoms with Gasteiger partial charge in [0.2, 0.25) is 0 Å². The van der Waals surface area contributed by atoms with Crippen LogP contribution in [0.2, 0.25) is 0 Å². The molecule has 0 saturated carbocycles. The number of aromatic amines is 1. The Morgan fingerprint density at radius 2 is 2.25 bits per heavy atom. The Morgan fingerprint density at radius 1 is 1.50 bits per heavy atom. The van der Waals surface area contributed by atoms with Gasteiger partial charge in [0.05, 0.1) is 22.4 Å². The Balaban J connectivity index is 2.76. The number of benzene rings is 1. The Bertz CT molecular complexity index is 545. The molecule has 1 heterocycles. The molecule has 0 aliphatic heterocycles. The minimum atomic E-state index is -0.331. The average Bonchev–Trinajstić information content (AvgIpc) is 2.64. The summed E-state index contributed by atoms with van der Waals surface area (Å²) in [5, 5.41) is 11.7. The largest absolute Gasteiger partial charge is 0.360 e. The molecule has 5 nitrogen and oxygen atoms in total. The molecule has 1 aromatic carbocycles. The number of rotatable bonds is 3. The zero-order valence-electron chi connectivity index (χ0n) is 9.12. The lowest BCUT2D eigenvalue weighted by Crippen LogP contribution is -2.51. The summed E-state index contributed by atoms with van der Waals surface area (Å²) < 4.78 is 0. The highest BCUT2D eigenvalue weighted by Crippen LogP contribution is 2.30. The van der Waals surface area contributed by atoms with Crippen LogP contribution in [0.15, 0.2) is 18.3 Å². The molecule has 84 valence electrons. The SMILES string of the molecule is Cc1ccc([N+](=O)[O-])c2c(CC[NH3+])c[nH]c12. The maximum atomic E-state index is 11.0. The molecule has 2 rings (SSSR count). The van der Waals surface area contributed by atoms with Gasteiger partial charge >= 0.3 is 0 Å². The van der Waals surface area contributed by atoms with Crippen molar-refractivity contribution in [2.24, 2.45) is 0 Å². The van der Waals surface area contributed by atoms with Gasteiger partial charge in [-0.2, -0.15) is 0 Å². The lowest BCUT2D eigenvalue weighted by atomic mass is 10.1. The van der Waals surface area contributed by atoms with Crippen LogP contribution >= 0.6 is 0 Å². The third kappa shape index (κ3) is 1.55. The summed E-state index contributed by atoms with van der Waals surface area (Å²) in [5.74, 6) is 0. The van der Waals surface area contributed by atoms with Crippen molar-refractivity contribution in [3.8, 4) is 0 Å². The number of aromatic nitrogens is 1. The van der Waals surface area contributed by atoms with Crippen LogP contribution in [0.3, 0.4) is 0 Å². The van der Waals surface area contributed by atoms with Crippen molar-refractivity contribution < 1.29 is 10.7 Å². The Labute approximate surface area is 92.4 Å². The molecule has 4 N–H and O–H groups in total. The number of fused-ring (bicyclic) bond motifs is 1. The molecule has 0 amide bonds. The van der Waals surface area contributed by atoms with Crippen LogP contribution in [0.5, 0.6) is 0 Å². The van der Waals surface area contributed by atoms with E-state index in [1.165, 1.54) is 0 Å². The number of hydrogen-bond acceptors (Lipinski definition) is 2. The van der Waals surface area contributed by atoms with E-state index >= 15 is 0 Å². The minimum absolute atomic E-state index is 0.172. The lowest BCUT2D eigenvalue weighted by Gasteiger charge is -2.00. The van der Waals surface area contributed by atoms with Gasteiger partial charge in [-0.15, -0.1) is 0 Å². The predicted molar refractivity (Wildman–Crippen MR) is 61.1 cm³/mol. The highest BCUT2D eigenvalue weighted by molar-refractivity contribution is 5.93. The van der Waals surface area contributed by atoms with Gasteiger partial charge in [0, 0.05) is 18.7 Å². The third-order valence-electron chi connectivity index (χ3n) is 2.75. The number of aryl methyl sites for hydroxylation is 1. The summed E-state index contributed by atoms with van der Waals surface area (Å²) in [6.45, 7) is 2.68. The summed E-state index contributed by atoms with van der Waals surface area (Å²) in [5.41, 5.74) is 6.81. The summed E-state index contributed by atoms with van der Waals surface area (Å²) in [6, 6.07) is 3.34. The molecule has 0 saturated heterocycles. The molecule has 0 spiro atoms. The number of hydrogen-bond donors (Lipinski definition) is 2. The van der Waals surface area contributed by atoms with Crippen LogP contribution in [0, 0.1) is 17.0 Å². The van der Waals surface area contributed by atoms with E-state index in [-0.39, 0.29) is 10.6 Å². The number of nitrogens with zero attached hydrogens (tertiary/aromatic N) is 1. The van der Waals surface area contributed by atoms with E-state index < -0.39 is 0 Å². The predicted octanol–water partition coefficient (Wildman–Crippen LogP) is 1.17. The van der Waals surface area contributed by atoms with E-state index in [0.29, 0.717) is 0 Å². The van der Waals surface area contributed by atoms with E-state index in [4.69, 9.17) is 0 Å².